The molecule has 0 bridgehead atoms. The summed E-state index contributed by atoms with van der Waals surface area (Å²) in [6, 6.07) is 2.18. The highest BCUT2D eigenvalue weighted by molar-refractivity contribution is 5.87. The van der Waals surface area contributed by atoms with Gasteiger partial charge in [-0.25, -0.2) is 4.98 Å². The van der Waals surface area contributed by atoms with Crippen molar-refractivity contribution in [2.24, 2.45) is 0 Å². The van der Waals surface area contributed by atoms with E-state index in [2.05, 4.69) is 10.3 Å². The average Bonchev–Trinajstić information content (AvgIpc) is 2.63. The zero-order valence-corrected chi connectivity index (χ0v) is 14.7. The molecular weight excluding hydrogens is 314 g/mol. The number of fused-ring (bicyclic) bond motifs is 1. The number of nitrogens with zero attached hydrogens (tertiary/aromatic N) is 3. The van der Waals surface area contributed by atoms with Crippen LogP contribution < -0.4 is 16.6 Å². The van der Waals surface area contributed by atoms with Crippen molar-refractivity contribution >= 4 is 22.7 Å². The van der Waals surface area contributed by atoms with E-state index >= 15 is 0 Å². The predicted molar refractivity (Wildman–Crippen MR) is 101 cm³/mol. The van der Waals surface area contributed by atoms with Crippen molar-refractivity contribution < 1.29 is 0 Å². The van der Waals surface area contributed by atoms with E-state index in [1.807, 2.05) is 4.57 Å². The van der Waals surface area contributed by atoms with Gasteiger partial charge in [0.15, 0.2) is 5.65 Å². The van der Waals surface area contributed by atoms with Crippen molar-refractivity contribution in [1.82, 2.24) is 14.5 Å². The molecule has 0 amide bonds. The molecule has 0 atom stereocenters. The topological polar surface area (TPSA) is 85.8 Å². The highest BCUT2D eigenvalue weighted by atomic mass is 16.1. The lowest BCUT2D eigenvalue weighted by Crippen LogP contribution is -2.28. The fourth-order valence-electron chi connectivity index (χ4n) is 4.34. The van der Waals surface area contributed by atoms with Crippen LogP contribution in [0.25, 0.3) is 11.0 Å². The summed E-state index contributed by atoms with van der Waals surface area (Å²) in [6.07, 6.45) is 13.6. The Morgan fingerprint density at radius 2 is 1.72 bits per heavy atom. The number of aromatic nitrogens is 3. The third-order valence-corrected chi connectivity index (χ3v) is 5.70. The van der Waals surface area contributed by atoms with E-state index in [4.69, 9.17) is 10.7 Å². The van der Waals surface area contributed by atoms with Crippen LogP contribution in [0.2, 0.25) is 0 Å². The van der Waals surface area contributed by atoms with E-state index in [-0.39, 0.29) is 11.6 Å². The summed E-state index contributed by atoms with van der Waals surface area (Å²) in [5.74, 6) is 0.619. The average molecular weight is 341 g/mol. The van der Waals surface area contributed by atoms with Crippen molar-refractivity contribution in [2.75, 3.05) is 11.1 Å². The number of nitrogens with one attached hydrogen (secondary N) is 1. The van der Waals surface area contributed by atoms with Crippen LogP contribution in [0.3, 0.4) is 0 Å². The highest BCUT2D eigenvalue weighted by Crippen LogP contribution is 2.30. The largest absolute Gasteiger partial charge is 0.398 e. The number of nitrogen functional groups attached to an aromatic ring is 1. The van der Waals surface area contributed by atoms with Crippen LogP contribution in [0.1, 0.15) is 70.3 Å². The van der Waals surface area contributed by atoms with Gasteiger partial charge in [0.25, 0.3) is 5.56 Å². The number of nitrogens with two attached hydrogens (primary N) is 1. The number of hydrogen-bond acceptors (Lipinski definition) is 5. The molecule has 0 spiro atoms. The Hall–Kier alpha value is -2.11. The second-order valence-electron chi connectivity index (χ2n) is 7.51. The van der Waals surface area contributed by atoms with Gasteiger partial charge >= 0.3 is 0 Å². The molecule has 6 heteroatoms. The molecule has 0 radical (unpaired) electrons. The van der Waals surface area contributed by atoms with E-state index in [1.165, 1.54) is 44.6 Å². The lowest BCUT2D eigenvalue weighted by Gasteiger charge is -2.26. The van der Waals surface area contributed by atoms with E-state index in [0.29, 0.717) is 23.3 Å². The molecule has 2 fully saturated rings. The standard InChI is InChI=1S/C19H27N5O/c20-16-11-17(25)24(14-9-5-2-6-10-14)18-15(16)12-21-19(23-18)22-13-7-3-1-4-8-13/h11-14H,1-10,20H2,(H,21,22,23). The first-order chi connectivity index (χ1) is 12.2. The molecular formula is C19H27N5O. The summed E-state index contributed by atoms with van der Waals surface area (Å²) in [7, 11) is 0. The molecule has 2 aliphatic rings. The summed E-state index contributed by atoms with van der Waals surface area (Å²) < 4.78 is 1.86. The summed E-state index contributed by atoms with van der Waals surface area (Å²) in [6.45, 7) is 0. The van der Waals surface area contributed by atoms with E-state index in [1.54, 1.807) is 6.20 Å². The number of pyridine rings is 1. The van der Waals surface area contributed by atoms with Crippen LogP contribution in [0, 0.1) is 0 Å². The molecule has 4 rings (SSSR count). The Balaban J connectivity index is 1.74. The van der Waals surface area contributed by atoms with Crippen molar-refractivity contribution in [2.45, 2.75) is 76.3 Å². The molecule has 0 aliphatic heterocycles. The quantitative estimate of drug-likeness (QED) is 0.890. The van der Waals surface area contributed by atoms with Gasteiger partial charge in [-0.05, 0) is 25.7 Å². The Kier molecular flexibility index (Phi) is 4.59. The molecule has 2 aromatic heterocycles. The first-order valence-corrected chi connectivity index (χ1v) is 9.66. The Bertz CT molecular complexity index is 803. The fourth-order valence-corrected chi connectivity index (χ4v) is 4.34. The summed E-state index contributed by atoms with van der Waals surface area (Å²) in [5.41, 5.74) is 7.19. The van der Waals surface area contributed by atoms with Crippen LogP contribution in [-0.2, 0) is 0 Å². The van der Waals surface area contributed by atoms with Gasteiger partial charge in [-0.2, -0.15) is 4.98 Å². The van der Waals surface area contributed by atoms with Gasteiger partial charge in [-0.15, -0.1) is 0 Å². The lowest BCUT2D eigenvalue weighted by molar-refractivity contribution is 0.353. The smallest absolute Gasteiger partial charge is 0.254 e. The summed E-state index contributed by atoms with van der Waals surface area (Å²) >= 11 is 0. The molecule has 2 saturated carbocycles. The van der Waals surface area contributed by atoms with Gasteiger partial charge in [0.2, 0.25) is 5.95 Å². The Morgan fingerprint density at radius 3 is 2.44 bits per heavy atom. The van der Waals surface area contributed by atoms with E-state index in [0.717, 1.165) is 31.1 Å². The second kappa shape index (κ2) is 7.02. The van der Waals surface area contributed by atoms with Crippen LogP contribution in [0.4, 0.5) is 11.6 Å². The molecule has 0 aromatic carbocycles. The second-order valence-corrected chi connectivity index (χ2v) is 7.51. The molecule has 2 aliphatic carbocycles. The van der Waals surface area contributed by atoms with Crippen molar-refractivity contribution in [3.05, 3.63) is 22.6 Å². The monoisotopic (exact) mass is 341 g/mol. The van der Waals surface area contributed by atoms with E-state index in [9.17, 15) is 4.79 Å². The first kappa shape index (κ1) is 16.4. The molecule has 134 valence electrons. The zero-order valence-electron chi connectivity index (χ0n) is 14.7. The number of hydrogen-bond donors (Lipinski definition) is 2. The fraction of sp³-hybridized carbons (Fsp3) is 0.632. The zero-order chi connectivity index (χ0) is 17.2. The first-order valence-electron chi connectivity index (χ1n) is 9.66. The third-order valence-electron chi connectivity index (χ3n) is 5.70. The van der Waals surface area contributed by atoms with Crippen LogP contribution >= 0.6 is 0 Å². The number of anilines is 2. The predicted octanol–water partition coefficient (Wildman–Crippen LogP) is 3.62. The van der Waals surface area contributed by atoms with Crippen LogP contribution in [0.5, 0.6) is 0 Å². The molecule has 3 N–H and O–H groups in total. The molecule has 2 heterocycles. The van der Waals surface area contributed by atoms with Gasteiger partial charge in [-0.1, -0.05) is 38.5 Å². The lowest BCUT2D eigenvalue weighted by atomic mass is 9.95. The van der Waals surface area contributed by atoms with Crippen molar-refractivity contribution in [3.8, 4) is 0 Å². The van der Waals surface area contributed by atoms with Crippen molar-refractivity contribution in [1.29, 1.82) is 0 Å². The molecule has 2 aromatic rings. The molecule has 0 unspecified atom stereocenters. The Morgan fingerprint density at radius 1 is 1.04 bits per heavy atom. The maximum atomic E-state index is 12.7. The van der Waals surface area contributed by atoms with Gasteiger partial charge in [0.05, 0.1) is 5.39 Å². The van der Waals surface area contributed by atoms with Gasteiger partial charge in [-0.3, -0.25) is 9.36 Å². The molecule has 25 heavy (non-hydrogen) atoms. The maximum absolute atomic E-state index is 12.7. The minimum atomic E-state index is -0.0424. The minimum absolute atomic E-state index is 0.0424. The highest BCUT2D eigenvalue weighted by Gasteiger charge is 2.21. The third kappa shape index (κ3) is 3.34. The summed E-state index contributed by atoms with van der Waals surface area (Å²) in [4.78, 5) is 21.8. The SMILES string of the molecule is Nc1cc(=O)n(C2CCCCC2)c2nc(NC3CCCCC3)ncc12. The summed E-state index contributed by atoms with van der Waals surface area (Å²) in [5, 5.41) is 4.24. The normalized spacial score (nSPS) is 20.0. The van der Waals surface area contributed by atoms with Gasteiger partial charge in [0, 0.05) is 30.0 Å². The minimum Gasteiger partial charge on any atom is -0.398 e. The van der Waals surface area contributed by atoms with E-state index < -0.39 is 0 Å². The molecule has 0 saturated heterocycles. The Labute approximate surface area is 147 Å². The van der Waals surface area contributed by atoms with Gasteiger partial charge < -0.3 is 11.1 Å². The van der Waals surface area contributed by atoms with Gasteiger partial charge in [0.1, 0.15) is 0 Å². The van der Waals surface area contributed by atoms with Crippen molar-refractivity contribution in [3.63, 3.8) is 0 Å². The number of rotatable bonds is 3. The van der Waals surface area contributed by atoms with Crippen LogP contribution in [0.15, 0.2) is 17.1 Å². The molecule has 6 nitrogen and oxygen atoms in total. The van der Waals surface area contributed by atoms with Crippen LogP contribution in [-0.4, -0.2) is 20.6 Å². The maximum Gasteiger partial charge on any atom is 0.254 e.